The number of carbonyl (C=O) groups is 1. The molecule has 0 radical (unpaired) electrons. The van der Waals surface area contributed by atoms with Gasteiger partial charge in [-0.25, -0.2) is 14.1 Å². The average molecular weight is 481 g/mol. The van der Waals surface area contributed by atoms with E-state index in [1.165, 1.54) is 12.1 Å². The molecule has 0 atom stereocenters. The highest BCUT2D eigenvalue weighted by Gasteiger charge is 2.19. The van der Waals surface area contributed by atoms with Crippen molar-refractivity contribution in [3.8, 4) is 22.8 Å². The van der Waals surface area contributed by atoms with Gasteiger partial charge in [0.15, 0.2) is 5.82 Å². The van der Waals surface area contributed by atoms with E-state index >= 15 is 0 Å². The second kappa shape index (κ2) is 9.09. The maximum atomic E-state index is 13.4. The van der Waals surface area contributed by atoms with E-state index in [4.69, 9.17) is 4.74 Å². The molecule has 0 saturated carbocycles. The van der Waals surface area contributed by atoms with Gasteiger partial charge in [0, 0.05) is 15.7 Å². The number of nitrogens with one attached hydrogen (secondary N) is 1. The first-order valence-corrected chi connectivity index (χ1v) is 10.4. The van der Waals surface area contributed by atoms with Gasteiger partial charge < -0.3 is 10.1 Å². The van der Waals surface area contributed by atoms with Gasteiger partial charge in [-0.15, -0.1) is 5.10 Å². The molecule has 31 heavy (non-hydrogen) atoms. The zero-order chi connectivity index (χ0) is 21.8. The largest absolute Gasteiger partial charge is 0.494 e. The van der Waals surface area contributed by atoms with Gasteiger partial charge in [-0.1, -0.05) is 15.9 Å². The highest BCUT2D eigenvalue weighted by Crippen LogP contribution is 2.24. The molecular formula is C23H18BrFN4O2. The van der Waals surface area contributed by atoms with E-state index in [2.05, 4.69) is 31.3 Å². The van der Waals surface area contributed by atoms with Crippen molar-refractivity contribution in [2.75, 3.05) is 11.9 Å². The van der Waals surface area contributed by atoms with Crippen molar-refractivity contribution in [3.63, 3.8) is 0 Å². The molecule has 1 heterocycles. The highest BCUT2D eigenvalue weighted by atomic mass is 79.9. The third-order valence-electron chi connectivity index (χ3n) is 4.41. The Kier molecular flexibility index (Phi) is 6.08. The van der Waals surface area contributed by atoms with Crippen LogP contribution in [-0.2, 0) is 0 Å². The van der Waals surface area contributed by atoms with Crippen LogP contribution < -0.4 is 10.1 Å². The van der Waals surface area contributed by atoms with Gasteiger partial charge >= 0.3 is 0 Å². The van der Waals surface area contributed by atoms with E-state index in [0.717, 1.165) is 10.2 Å². The molecule has 8 heteroatoms. The Hall–Kier alpha value is -3.52. The Morgan fingerprint density at radius 1 is 1.03 bits per heavy atom. The number of amides is 1. The molecule has 0 aliphatic carbocycles. The molecule has 4 aromatic rings. The van der Waals surface area contributed by atoms with E-state index in [9.17, 15) is 9.18 Å². The molecule has 156 valence electrons. The zero-order valence-electron chi connectivity index (χ0n) is 16.5. The van der Waals surface area contributed by atoms with Crippen molar-refractivity contribution in [2.45, 2.75) is 6.92 Å². The summed E-state index contributed by atoms with van der Waals surface area (Å²) >= 11 is 3.36. The van der Waals surface area contributed by atoms with Crippen molar-refractivity contribution >= 4 is 27.5 Å². The fourth-order valence-electron chi connectivity index (χ4n) is 2.94. The van der Waals surface area contributed by atoms with Crippen LogP contribution in [0, 0.1) is 5.82 Å². The maximum absolute atomic E-state index is 13.4. The van der Waals surface area contributed by atoms with Gasteiger partial charge in [-0.3, -0.25) is 4.79 Å². The number of anilines is 1. The van der Waals surface area contributed by atoms with Crippen molar-refractivity contribution in [2.24, 2.45) is 0 Å². The second-order valence-electron chi connectivity index (χ2n) is 6.57. The van der Waals surface area contributed by atoms with Gasteiger partial charge in [0.25, 0.3) is 5.91 Å². The van der Waals surface area contributed by atoms with Crippen LogP contribution in [0.15, 0.2) is 77.3 Å². The second-order valence-corrected chi connectivity index (χ2v) is 7.48. The third-order valence-corrected chi connectivity index (χ3v) is 4.94. The Labute approximate surface area is 186 Å². The molecule has 6 nitrogen and oxygen atoms in total. The van der Waals surface area contributed by atoms with Gasteiger partial charge in [-0.2, -0.15) is 0 Å². The van der Waals surface area contributed by atoms with Gasteiger partial charge in [-0.05, 0) is 79.7 Å². The predicted octanol–water partition coefficient (Wildman–Crippen LogP) is 5.49. The maximum Gasteiger partial charge on any atom is 0.295 e. The first-order valence-electron chi connectivity index (χ1n) is 9.56. The van der Waals surface area contributed by atoms with Gasteiger partial charge in [0.05, 0.1) is 12.3 Å². The van der Waals surface area contributed by atoms with E-state index < -0.39 is 5.91 Å². The number of carbonyl (C=O) groups excluding carboxylic acids is 1. The van der Waals surface area contributed by atoms with Crippen LogP contribution in [-0.4, -0.2) is 27.3 Å². The highest BCUT2D eigenvalue weighted by molar-refractivity contribution is 9.10. The Morgan fingerprint density at radius 3 is 2.35 bits per heavy atom. The number of aromatic nitrogens is 3. The average Bonchev–Trinajstić information content (AvgIpc) is 3.22. The van der Waals surface area contributed by atoms with Crippen LogP contribution in [0.2, 0.25) is 0 Å². The lowest BCUT2D eigenvalue weighted by molar-refractivity contribution is 0.101. The lowest BCUT2D eigenvalue weighted by Gasteiger charge is -2.08. The van der Waals surface area contributed by atoms with Crippen LogP contribution in [0.3, 0.4) is 0 Å². The number of ether oxygens (including phenoxy) is 1. The molecule has 0 fully saturated rings. The van der Waals surface area contributed by atoms with E-state index in [-0.39, 0.29) is 11.6 Å². The summed E-state index contributed by atoms with van der Waals surface area (Å²) in [7, 11) is 0. The fourth-order valence-corrected chi connectivity index (χ4v) is 3.21. The summed E-state index contributed by atoms with van der Waals surface area (Å²) in [6.07, 6.45) is 0. The number of hydrogen-bond donors (Lipinski definition) is 1. The quantitative estimate of drug-likeness (QED) is 0.396. The van der Waals surface area contributed by atoms with Crippen LogP contribution >= 0.6 is 15.9 Å². The molecule has 0 aliphatic heterocycles. The predicted molar refractivity (Wildman–Crippen MR) is 120 cm³/mol. The Balaban J connectivity index is 1.71. The van der Waals surface area contributed by atoms with Crippen LogP contribution in [0.25, 0.3) is 17.1 Å². The summed E-state index contributed by atoms with van der Waals surface area (Å²) in [4.78, 5) is 17.2. The van der Waals surface area contributed by atoms with Crippen LogP contribution in [0.5, 0.6) is 5.75 Å². The number of rotatable bonds is 6. The first-order chi connectivity index (χ1) is 15.0. The topological polar surface area (TPSA) is 69.0 Å². The fraction of sp³-hybridized carbons (Fsp3) is 0.0870. The first kappa shape index (κ1) is 20.7. The van der Waals surface area contributed by atoms with Crippen molar-refractivity contribution < 1.29 is 13.9 Å². The van der Waals surface area contributed by atoms with E-state index in [0.29, 0.717) is 29.4 Å². The summed E-state index contributed by atoms with van der Waals surface area (Å²) in [6, 6.07) is 20.3. The molecule has 1 amide bonds. The molecular weight excluding hydrogens is 463 g/mol. The lowest BCUT2D eigenvalue weighted by Crippen LogP contribution is -2.14. The minimum atomic E-state index is -0.449. The van der Waals surface area contributed by atoms with Crippen LogP contribution in [0.4, 0.5) is 10.1 Å². The Morgan fingerprint density at radius 2 is 1.71 bits per heavy atom. The van der Waals surface area contributed by atoms with E-state index in [1.54, 1.807) is 28.9 Å². The third kappa shape index (κ3) is 4.80. The van der Waals surface area contributed by atoms with Crippen molar-refractivity contribution in [3.05, 3.63) is 88.9 Å². The lowest BCUT2D eigenvalue weighted by atomic mass is 10.2. The zero-order valence-corrected chi connectivity index (χ0v) is 18.1. The summed E-state index contributed by atoms with van der Waals surface area (Å²) in [5, 5.41) is 7.20. The minimum Gasteiger partial charge on any atom is -0.494 e. The van der Waals surface area contributed by atoms with Gasteiger partial charge in [0.1, 0.15) is 11.6 Å². The molecule has 1 N–H and O–H groups in total. The molecule has 3 aromatic carbocycles. The molecule has 0 spiro atoms. The van der Waals surface area contributed by atoms with Crippen molar-refractivity contribution in [1.82, 2.24) is 14.8 Å². The number of halogens is 2. The molecule has 1 aromatic heterocycles. The summed E-state index contributed by atoms with van der Waals surface area (Å²) in [5.41, 5.74) is 1.94. The molecule has 0 unspecified atom stereocenters. The van der Waals surface area contributed by atoms with Crippen LogP contribution in [0.1, 0.15) is 17.5 Å². The Bertz CT molecular complexity index is 1190. The minimum absolute atomic E-state index is 0.00358. The molecule has 4 rings (SSSR count). The standard InChI is InChI=1S/C23H18BrFN4O2/c1-2-31-20-13-11-19(12-14-20)29-22(15-3-7-17(25)8-4-15)27-21(28-29)23(30)26-18-9-5-16(24)6-10-18/h3-14H,2H2,1H3,(H,26,30). The summed E-state index contributed by atoms with van der Waals surface area (Å²) < 4.78 is 21.4. The monoisotopic (exact) mass is 480 g/mol. The van der Waals surface area contributed by atoms with E-state index in [1.807, 2.05) is 43.3 Å². The SMILES string of the molecule is CCOc1ccc(-n2nc(C(=O)Nc3ccc(Br)cc3)nc2-c2ccc(F)cc2)cc1. The molecule has 0 aliphatic rings. The summed E-state index contributed by atoms with van der Waals surface area (Å²) in [5.74, 6) is 0.337. The number of nitrogens with zero attached hydrogens (tertiary/aromatic N) is 3. The summed E-state index contributed by atoms with van der Waals surface area (Å²) in [6.45, 7) is 2.47. The molecule has 0 saturated heterocycles. The smallest absolute Gasteiger partial charge is 0.295 e. The molecule has 0 bridgehead atoms. The van der Waals surface area contributed by atoms with Gasteiger partial charge in [0.2, 0.25) is 5.82 Å². The number of hydrogen-bond acceptors (Lipinski definition) is 4. The number of benzene rings is 3. The normalized spacial score (nSPS) is 10.7. The van der Waals surface area contributed by atoms with Crippen molar-refractivity contribution in [1.29, 1.82) is 0 Å².